The Bertz CT molecular complexity index is 581. The number of rotatable bonds is 1. The predicted molar refractivity (Wildman–Crippen MR) is 55.6 cm³/mol. The molecule has 0 aliphatic heterocycles. The van der Waals surface area contributed by atoms with Gasteiger partial charge in [0.25, 0.3) is 5.56 Å². The maximum Gasteiger partial charge on any atom is 0.271 e. The zero-order chi connectivity index (χ0) is 10.7. The second kappa shape index (κ2) is 3.76. The van der Waals surface area contributed by atoms with Gasteiger partial charge < -0.3 is 0 Å². The minimum atomic E-state index is -0.214. The van der Waals surface area contributed by atoms with E-state index in [9.17, 15) is 4.79 Å². The number of hydrogen-bond donors (Lipinski definition) is 0. The highest BCUT2D eigenvalue weighted by atomic mass is 16.1. The van der Waals surface area contributed by atoms with Gasteiger partial charge in [-0.3, -0.25) is 9.78 Å². The zero-order valence-corrected chi connectivity index (χ0v) is 7.79. The third-order valence-corrected chi connectivity index (χ3v) is 1.85. The summed E-state index contributed by atoms with van der Waals surface area (Å²) in [7, 11) is 0. The highest BCUT2D eigenvalue weighted by molar-refractivity contribution is 5.38. The predicted octanol–water partition coefficient (Wildman–Crippen LogP) is 0.609. The Labute approximate surface area is 86.2 Å². The molecule has 0 fully saturated rings. The first-order valence-corrected chi connectivity index (χ1v) is 4.27. The van der Waals surface area contributed by atoms with E-state index in [0.29, 0.717) is 11.3 Å². The molecule has 0 saturated heterocycles. The highest BCUT2D eigenvalue weighted by Gasteiger charge is 2.00. The van der Waals surface area contributed by atoms with Crippen LogP contribution in [0.15, 0.2) is 41.6 Å². The molecule has 2 rings (SSSR count). The van der Waals surface area contributed by atoms with Crippen LogP contribution in [-0.4, -0.2) is 14.8 Å². The van der Waals surface area contributed by atoms with Gasteiger partial charge in [0.05, 0.1) is 11.9 Å². The molecule has 15 heavy (non-hydrogen) atoms. The number of hydrogen-bond acceptors (Lipinski definition) is 3. The van der Waals surface area contributed by atoms with Crippen molar-refractivity contribution in [3.63, 3.8) is 0 Å². The van der Waals surface area contributed by atoms with Gasteiger partial charge >= 0.3 is 0 Å². The molecule has 0 atom stereocenters. The van der Waals surface area contributed by atoms with Gasteiger partial charge in [-0.25, -0.2) is 0 Å². The van der Waals surface area contributed by atoms with E-state index in [2.05, 4.69) is 16.0 Å². The van der Waals surface area contributed by atoms with Gasteiger partial charge in [0, 0.05) is 24.0 Å². The summed E-state index contributed by atoms with van der Waals surface area (Å²) in [5.74, 6) is 2.45. The van der Waals surface area contributed by atoms with E-state index in [1.54, 1.807) is 18.3 Å². The molecule has 0 amide bonds. The first-order chi connectivity index (χ1) is 7.31. The van der Waals surface area contributed by atoms with Crippen molar-refractivity contribution in [2.75, 3.05) is 0 Å². The molecule has 0 aromatic carbocycles. The summed E-state index contributed by atoms with van der Waals surface area (Å²) in [6.45, 7) is 0. The molecule has 0 spiro atoms. The van der Waals surface area contributed by atoms with Crippen molar-refractivity contribution in [2.45, 2.75) is 0 Å². The van der Waals surface area contributed by atoms with E-state index < -0.39 is 0 Å². The molecule has 0 aliphatic rings. The molecule has 2 aromatic heterocycles. The SMILES string of the molecule is C#Cc1cncc(-n2ncccc2=O)c1. The maximum absolute atomic E-state index is 11.4. The van der Waals surface area contributed by atoms with Gasteiger partial charge in [0.15, 0.2) is 0 Å². The maximum atomic E-state index is 11.4. The molecular weight excluding hydrogens is 190 g/mol. The summed E-state index contributed by atoms with van der Waals surface area (Å²) in [4.78, 5) is 15.4. The van der Waals surface area contributed by atoms with Crippen LogP contribution < -0.4 is 5.56 Å². The molecule has 0 N–H and O–H groups in total. The monoisotopic (exact) mass is 197 g/mol. The molecule has 4 nitrogen and oxygen atoms in total. The smallest absolute Gasteiger partial charge is 0.267 e. The third kappa shape index (κ3) is 1.76. The van der Waals surface area contributed by atoms with Gasteiger partial charge in [0.1, 0.15) is 0 Å². The first-order valence-electron chi connectivity index (χ1n) is 4.27. The highest BCUT2D eigenvalue weighted by Crippen LogP contribution is 2.03. The summed E-state index contributed by atoms with van der Waals surface area (Å²) >= 11 is 0. The lowest BCUT2D eigenvalue weighted by molar-refractivity contribution is 0.802. The fourth-order valence-corrected chi connectivity index (χ4v) is 1.17. The number of terminal acetylenes is 1. The number of pyridine rings is 1. The van der Waals surface area contributed by atoms with Crippen LogP contribution in [0.1, 0.15) is 5.56 Å². The van der Waals surface area contributed by atoms with E-state index in [4.69, 9.17) is 6.42 Å². The molecule has 0 unspecified atom stereocenters. The van der Waals surface area contributed by atoms with E-state index in [1.807, 2.05) is 0 Å². The lowest BCUT2D eigenvalue weighted by Gasteiger charge is -2.02. The average molecular weight is 197 g/mol. The van der Waals surface area contributed by atoms with Crippen LogP contribution >= 0.6 is 0 Å². The van der Waals surface area contributed by atoms with Crippen LogP contribution in [0.3, 0.4) is 0 Å². The van der Waals surface area contributed by atoms with Crippen molar-refractivity contribution in [2.24, 2.45) is 0 Å². The largest absolute Gasteiger partial charge is 0.271 e. The van der Waals surface area contributed by atoms with Gasteiger partial charge in [-0.2, -0.15) is 9.78 Å². The standard InChI is InChI=1S/C11H7N3O/c1-2-9-6-10(8-12-7-9)14-11(15)4-3-5-13-14/h1,3-8H. The normalized spacial score (nSPS) is 9.53. The zero-order valence-electron chi connectivity index (χ0n) is 7.79. The van der Waals surface area contributed by atoms with Crippen LogP contribution in [0.5, 0.6) is 0 Å². The Morgan fingerprint density at radius 1 is 1.40 bits per heavy atom. The lowest BCUT2D eigenvalue weighted by atomic mass is 10.3. The van der Waals surface area contributed by atoms with Gasteiger partial charge in [-0.05, 0) is 12.1 Å². The van der Waals surface area contributed by atoms with Crippen molar-refractivity contribution < 1.29 is 0 Å². The number of aromatic nitrogens is 3. The lowest BCUT2D eigenvalue weighted by Crippen LogP contribution is -2.19. The third-order valence-electron chi connectivity index (χ3n) is 1.85. The van der Waals surface area contributed by atoms with Gasteiger partial charge in [-0.15, -0.1) is 6.42 Å². The van der Waals surface area contributed by atoms with E-state index in [0.717, 1.165) is 0 Å². The molecule has 2 aromatic rings. The van der Waals surface area contributed by atoms with Crippen LogP contribution in [0.4, 0.5) is 0 Å². The summed E-state index contributed by atoms with van der Waals surface area (Å²) in [6.07, 6.45) is 9.86. The van der Waals surface area contributed by atoms with Crippen molar-refractivity contribution in [1.29, 1.82) is 0 Å². The van der Waals surface area contributed by atoms with E-state index in [1.165, 1.54) is 23.1 Å². The number of nitrogens with zero attached hydrogens (tertiary/aromatic N) is 3. The van der Waals surface area contributed by atoms with Crippen LogP contribution in [-0.2, 0) is 0 Å². The van der Waals surface area contributed by atoms with Crippen LogP contribution in [0.2, 0.25) is 0 Å². The molecule has 4 heteroatoms. The molecule has 0 bridgehead atoms. The molecule has 2 heterocycles. The van der Waals surface area contributed by atoms with Crippen molar-refractivity contribution in [1.82, 2.24) is 14.8 Å². The summed E-state index contributed by atoms with van der Waals surface area (Å²) in [6, 6.07) is 4.69. The minimum Gasteiger partial charge on any atom is -0.267 e. The topological polar surface area (TPSA) is 47.8 Å². The molecule has 0 radical (unpaired) electrons. The Hall–Kier alpha value is -2.41. The average Bonchev–Trinajstić information content (AvgIpc) is 2.30. The molecule has 0 aliphatic carbocycles. The van der Waals surface area contributed by atoms with Gasteiger partial charge in [-0.1, -0.05) is 5.92 Å². The van der Waals surface area contributed by atoms with Crippen LogP contribution in [0.25, 0.3) is 5.69 Å². The Morgan fingerprint density at radius 3 is 3.00 bits per heavy atom. The minimum absolute atomic E-state index is 0.214. The fourth-order valence-electron chi connectivity index (χ4n) is 1.17. The molecule has 72 valence electrons. The van der Waals surface area contributed by atoms with Crippen molar-refractivity contribution >= 4 is 0 Å². The summed E-state index contributed by atoms with van der Waals surface area (Å²) < 4.78 is 1.24. The molecule has 0 saturated carbocycles. The first kappa shape index (κ1) is 9.16. The second-order valence-electron chi connectivity index (χ2n) is 2.85. The van der Waals surface area contributed by atoms with Gasteiger partial charge in [0.2, 0.25) is 0 Å². The van der Waals surface area contributed by atoms with Crippen LogP contribution in [0, 0.1) is 12.3 Å². The summed E-state index contributed by atoms with van der Waals surface area (Å²) in [5, 5.41) is 3.92. The Morgan fingerprint density at radius 2 is 2.27 bits per heavy atom. The fraction of sp³-hybridized carbons (Fsp3) is 0. The quantitative estimate of drug-likeness (QED) is 0.629. The Kier molecular flexibility index (Phi) is 2.30. The van der Waals surface area contributed by atoms with Crippen molar-refractivity contribution in [3.05, 3.63) is 52.7 Å². The Balaban J connectivity index is 2.61. The van der Waals surface area contributed by atoms with E-state index >= 15 is 0 Å². The van der Waals surface area contributed by atoms with E-state index in [-0.39, 0.29) is 5.56 Å². The van der Waals surface area contributed by atoms with Crippen molar-refractivity contribution in [3.8, 4) is 18.0 Å². The molecular formula is C11H7N3O. The second-order valence-corrected chi connectivity index (χ2v) is 2.85. The summed E-state index contributed by atoms with van der Waals surface area (Å²) in [5.41, 5.74) is 0.967.